The molecule has 1 N–H and O–H groups in total. The lowest BCUT2D eigenvalue weighted by atomic mass is 10.1. The highest BCUT2D eigenvalue weighted by Crippen LogP contribution is 2.19. The number of hydrogen-bond donors (Lipinski definition) is 1. The van der Waals surface area contributed by atoms with Crippen LogP contribution in [0.1, 0.15) is 32.8 Å². The van der Waals surface area contributed by atoms with Gasteiger partial charge >= 0.3 is 6.09 Å². The molecule has 1 saturated heterocycles. The first-order chi connectivity index (χ1) is 10.8. The summed E-state index contributed by atoms with van der Waals surface area (Å²) in [7, 11) is 0. The number of nitrogens with zero attached hydrogens (tertiary/aromatic N) is 1. The van der Waals surface area contributed by atoms with Gasteiger partial charge in [-0.2, -0.15) is 0 Å². The fraction of sp³-hybridized carbons (Fsp3) is 0.611. The van der Waals surface area contributed by atoms with Crippen molar-refractivity contribution in [3.63, 3.8) is 0 Å². The van der Waals surface area contributed by atoms with E-state index in [0.29, 0.717) is 5.92 Å². The number of benzene rings is 1. The van der Waals surface area contributed by atoms with Gasteiger partial charge in [-0.1, -0.05) is 28.1 Å². The molecule has 5 heteroatoms. The highest BCUT2D eigenvalue weighted by Gasteiger charge is 2.29. The molecular weight excluding hydrogens is 356 g/mol. The molecule has 1 aromatic carbocycles. The van der Waals surface area contributed by atoms with E-state index in [0.717, 1.165) is 43.5 Å². The van der Waals surface area contributed by atoms with Crippen LogP contribution < -0.4 is 5.32 Å². The number of carbonyl (C=O) groups is 1. The number of likely N-dealkylation sites (tertiary alicyclic amines) is 1. The monoisotopic (exact) mass is 382 g/mol. The molecule has 4 nitrogen and oxygen atoms in total. The molecule has 1 atom stereocenters. The normalized spacial score (nSPS) is 18.3. The van der Waals surface area contributed by atoms with E-state index in [-0.39, 0.29) is 6.09 Å². The van der Waals surface area contributed by atoms with Gasteiger partial charge in [-0.25, -0.2) is 4.79 Å². The van der Waals surface area contributed by atoms with Gasteiger partial charge in [-0.3, -0.25) is 0 Å². The predicted octanol–water partition coefficient (Wildman–Crippen LogP) is 3.84. The molecule has 0 aromatic heterocycles. The lowest BCUT2D eigenvalue weighted by molar-refractivity contribution is 0.0288. The summed E-state index contributed by atoms with van der Waals surface area (Å²) >= 11 is 3.50. The lowest BCUT2D eigenvalue weighted by Crippen LogP contribution is -2.36. The molecule has 128 valence electrons. The summed E-state index contributed by atoms with van der Waals surface area (Å²) in [5.41, 5.74) is 0.908. The average Bonchev–Trinajstić information content (AvgIpc) is 2.91. The van der Waals surface area contributed by atoms with E-state index < -0.39 is 5.60 Å². The van der Waals surface area contributed by atoms with Crippen molar-refractivity contribution < 1.29 is 9.53 Å². The van der Waals surface area contributed by atoms with Crippen LogP contribution in [-0.4, -0.2) is 42.8 Å². The smallest absolute Gasteiger partial charge is 0.410 e. The third-order valence-electron chi connectivity index (χ3n) is 3.85. The number of ether oxygens (including phenoxy) is 1. The van der Waals surface area contributed by atoms with Gasteiger partial charge in [0.25, 0.3) is 0 Å². The number of hydrogen-bond acceptors (Lipinski definition) is 3. The van der Waals surface area contributed by atoms with Gasteiger partial charge in [0.05, 0.1) is 0 Å². The first-order valence-corrected chi connectivity index (χ1v) is 9.06. The molecule has 0 saturated carbocycles. The minimum atomic E-state index is -0.419. The van der Waals surface area contributed by atoms with Crippen molar-refractivity contribution >= 4 is 22.0 Å². The molecule has 1 aromatic rings. The van der Waals surface area contributed by atoms with Crippen LogP contribution in [0.3, 0.4) is 0 Å². The van der Waals surface area contributed by atoms with E-state index in [1.54, 1.807) is 0 Å². The van der Waals surface area contributed by atoms with Gasteiger partial charge in [-0.15, -0.1) is 0 Å². The summed E-state index contributed by atoms with van der Waals surface area (Å²) in [5.74, 6) is 0.519. The van der Waals surface area contributed by atoms with Crippen molar-refractivity contribution in [1.29, 1.82) is 0 Å². The van der Waals surface area contributed by atoms with Crippen LogP contribution in [0, 0.1) is 5.92 Å². The van der Waals surface area contributed by atoms with E-state index in [9.17, 15) is 4.79 Å². The van der Waals surface area contributed by atoms with Gasteiger partial charge in [0.2, 0.25) is 0 Å². The SMILES string of the molecule is CC(C)(C)OC(=O)N1CC[C@H](CNCCc2cccc(Br)c2)C1. The fourth-order valence-electron chi connectivity index (χ4n) is 2.72. The molecule has 23 heavy (non-hydrogen) atoms. The maximum absolute atomic E-state index is 12.0. The second-order valence-corrected chi connectivity index (χ2v) is 8.08. The third kappa shape index (κ3) is 6.51. The lowest BCUT2D eigenvalue weighted by Gasteiger charge is -2.24. The summed E-state index contributed by atoms with van der Waals surface area (Å²) in [4.78, 5) is 13.9. The fourth-order valence-corrected chi connectivity index (χ4v) is 3.17. The van der Waals surface area contributed by atoms with Crippen molar-refractivity contribution in [3.05, 3.63) is 34.3 Å². The van der Waals surface area contributed by atoms with E-state index in [1.807, 2.05) is 31.7 Å². The summed E-state index contributed by atoms with van der Waals surface area (Å²) in [5, 5.41) is 3.51. The van der Waals surface area contributed by atoms with Gasteiger partial charge in [0.1, 0.15) is 5.60 Å². The Balaban J connectivity index is 1.65. The molecule has 1 heterocycles. The molecule has 1 amide bonds. The van der Waals surface area contributed by atoms with Gasteiger partial charge in [0, 0.05) is 17.6 Å². The summed E-state index contributed by atoms with van der Waals surface area (Å²) in [6.45, 7) is 9.21. The minimum Gasteiger partial charge on any atom is -0.444 e. The molecule has 1 aliphatic heterocycles. The van der Waals surface area contributed by atoms with E-state index in [4.69, 9.17) is 4.74 Å². The highest BCUT2D eigenvalue weighted by molar-refractivity contribution is 9.10. The Morgan fingerprint density at radius 3 is 2.91 bits per heavy atom. The average molecular weight is 383 g/mol. The summed E-state index contributed by atoms with van der Waals surface area (Å²) < 4.78 is 6.55. The van der Waals surface area contributed by atoms with Crippen LogP contribution in [0.25, 0.3) is 0 Å². The molecule has 0 bridgehead atoms. The molecule has 1 fully saturated rings. The van der Waals surface area contributed by atoms with Gasteiger partial charge in [0.15, 0.2) is 0 Å². The van der Waals surface area contributed by atoms with Gasteiger partial charge in [-0.05, 0) is 70.3 Å². The van der Waals surface area contributed by atoms with Crippen molar-refractivity contribution in [1.82, 2.24) is 10.2 Å². The van der Waals surface area contributed by atoms with Crippen LogP contribution in [0.4, 0.5) is 4.79 Å². The van der Waals surface area contributed by atoms with Crippen LogP contribution in [0.5, 0.6) is 0 Å². The molecule has 0 spiro atoms. The zero-order valence-corrected chi connectivity index (χ0v) is 15.9. The molecular formula is C18H27BrN2O2. The topological polar surface area (TPSA) is 41.6 Å². The number of rotatable bonds is 5. The van der Waals surface area contributed by atoms with Crippen LogP contribution in [0.15, 0.2) is 28.7 Å². The quantitative estimate of drug-likeness (QED) is 0.786. The highest BCUT2D eigenvalue weighted by atomic mass is 79.9. The van der Waals surface area contributed by atoms with Crippen molar-refractivity contribution in [3.8, 4) is 0 Å². The Morgan fingerprint density at radius 2 is 2.22 bits per heavy atom. The minimum absolute atomic E-state index is 0.186. The Morgan fingerprint density at radius 1 is 1.43 bits per heavy atom. The number of nitrogens with one attached hydrogen (secondary N) is 1. The first-order valence-electron chi connectivity index (χ1n) is 8.26. The number of halogens is 1. The Labute approximate surface area is 147 Å². The first kappa shape index (κ1) is 18.3. The maximum Gasteiger partial charge on any atom is 0.410 e. The number of carbonyl (C=O) groups excluding carboxylic acids is 1. The molecule has 2 rings (SSSR count). The second-order valence-electron chi connectivity index (χ2n) is 7.17. The van der Waals surface area contributed by atoms with Crippen LogP contribution >= 0.6 is 15.9 Å². The second kappa shape index (κ2) is 8.15. The Kier molecular flexibility index (Phi) is 6.48. The zero-order chi connectivity index (χ0) is 16.9. The molecule has 0 radical (unpaired) electrons. The van der Waals surface area contributed by atoms with E-state index in [2.05, 4.69) is 39.4 Å². The largest absolute Gasteiger partial charge is 0.444 e. The van der Waals surface area contributed by atoms with Crippen molar-refractivity contribution in [2.24, 2.45) is 5.92 Å². The van der Waals surface area contributed by atoms with Crippen LogP contribution in [0.2, 0.25) is 0 Å². The predicted molar refractivity (Wildman–Crippen MR) is 96.6 cm³/mol. The Bertz CT molecular complexity index is 528. The molecule has 1 aliphatic rings. The zero-order valence-electron chi connectivity index (χ0n) is 14.3. The number of amides is 1. The summed E-state index contributed by atoms with van der Waals surface area (Å²) in [6.07, 6.45) is 1.87. The van der Waals surface area contributed by atoms with Crippen molar-refractivity contribution in [2.45, 2.75) is 39.2 Å². The molecule has 0 unspecified atom stereocenters. The maximum atomic E-state index is 12.0. The van der Waals surface area contributed by atoms with E-state index in [1.165, 1.54) is 5.56 Å². The molecule has 0 aliphatic carbocycles. The van der Waals surface area contributed by atoms with Gasteiger partial charge < -0.3 is 15.0 Å². The van der Waals surface area contributed by atoms with E-state index >= 15 is 0 Å². The third-order valence-corrected chi connectivity index (χ3v) is 4.34. The van der Waals surface area contributed by atoms with Crippen molar-refractivity contribution in [2.75, 3.05) is 26.2 Å². The van der Waals surface area contributed by atoms with Crippen LogP contribution in [-0.2, 0) is 11.2 Å². The summed E-state index contributed by atoms with van der Waals surface area (Å²) in [6, 6.07) is 8.41. The Hall–Kier alpha value is -1.07. The standard InChI is InChI=1S/C18H27BrN2O2/c1-18(2,3)23-17(22)21-10-8-15(13-21)12-20-9-7-14-5-4-6-16(19)11-14/h4-6,11,15,20H,7-10,12-13H2,1-3H3/t15-/m1/s1.